The minimum atomic E-state index is -1.43. The largest absolute Gasteiger partial charge is 0.504 e. The summed E-state index contributed by atoms with van der Waals surface area (Å²) < 4.78 is 17.1. The molecule has 0 atom stereocenters. The molecule has 0 bridgehead atoms. The summed E-state index contributed by atoms with van der Waals surface area (Å²) in [6.45, 7) is 4.74. The van der Waals surface area contributed by atoms with Crippen molar-refractivity contribution in [3.05, 3.63) is 91.9 Å². The van der Waals surface area contributed by atoms with E-state index < -0.39 is 28.5 Å². The third-order valence-electron chi connectivity index (χ3n) is 8.10. The number of anilines is 2. The Bertz CT molecular complexity index is 1730. The van der Waals surface area contributed by atoms with Crippen LogP contribution in [0.15, 0.2) is 59.5 Å². The lowest BCUT2D eigenvalue weighted by Gasteiger charge is -2.38. The van der Waals surface area contributed by atoms with Gasteiger partial charge in [0, 0.05) is 50.3 Å². The minimum absolute atomic E-state index is 0.0295. The number of hydrogen-bond donors (Lipinski definition) is 2. The Morgan fingerprint density at radius 2 is 1.50 bits per heavy atom. The maximum Gasteiger partial charge on any atom is 0.341 e. The van der Waals surface area contributed by atoms with Crippen LogP contribution in [0, 0.1) is 5.82 Å². The molecule has 3 heterocycles. The number of carboxylic acid groups (broad SMARTS) is 1. The lowest BCUT2D eigenvalue weighted by molar-refractivity contribution is 0.0695. The summed E-state index contributed by atoms with van der Waals surface area (Å²) in [6, 6.07) is 13.9. The van der Waals surface area contributed by atoms with Crippen LogP contribution >= 0.6 is 23.2 Å². The van der Waals surface area contributed by atoms with E-state index in [0.717, 1.165) is 37.0 Å². The first-order valence-electron chi connectivity index (χ1n) is 13.8. The number of likely N-dealkylation sites (tertiary alicyclic amines) is 1. The third kappa shape index (κ3) is 5.28. The van der Waals surface area contributed by atoms with Gasteiger partial charge < -0.3 is 24.6 Å². The number of phenolic OH excluding ortho intramolecular Hbond substituents is 1. The van der Waals surface area contributed by atoms with Crippen molar-refractivity contribution in [2.75, 3.05) is 49.1 Å². The van der Waals surface area contributed by atoms with Crippen molar-refractivity contribution < 1.29 is 19.4 Å². The molecule has 0 spiro atoms. The van der Waals surface area contributed by atoms with Gasteiger partial charge in [-0.2, -0.15) is 0 Å². The van der Waals surface area contributed by atoms with Crippen LogP contribution in [0.3, 0.4) is 0 Å². The van der Waals surface area contributed by atoms with Gasteiger partial charge in [-0.15, -0.1) is 0 Å². The molecule has 6 rings (SSSR count). The van der Waals surface area contributed by atoms with Gasteiger partial charge in [0.15, 0.2) is 11.6 Å². The second kappa shape index (κ2) is 11.5. The number of benzene rings is 3. The first-order valence-corrected chi connectivity index (χ1v) is 14.6. The highest BCUT2D eigenvalue weighted by Crippen LogP contribution is 2.39. The molecule has 0 amide bonds. The fourth-order valence-electron chi connectivity index (χ4n) is 5.92. The number of fused-ring (bicyclic) bond motifs is 1. The molecule has 4 aromatic rings. The zero-order valence-electron chi connectivity index (χ0n) is 22.7. The van der Waals surface area contributed by atoms with E-state index in [0.29, 0.717) is 41.9 Å². The zero-order valence-corrected chi connectivity index (χ0v) is 24.2. The Hall–Kier alpha value is -3.79. The molecule has 0 aliphatic carbocycles. The summed E-state index contributed by atoms with van der Waals surface area (Å²) >= 11 is 12.2. The fourth-order valence-corrected chi connectivity index (χ4v) is 6.21. The number of carboxylic acids is 1. The number of aromatic nitrogens is 1. The molecular formula is C31H29Cl2FN4O4. The molecule has 42 heavy (non-hydrogen) atoms. The van der Waals surface area contributed by atoms with Gasteiger partial charge in [0.2, 0.25) is 5.43 Å². The predicted octanol–water partition coefficient (Wildman–Crippen LogP) is 5.76. The second-order valence-corrected chi connectivity index (χ2v) is 11.5. The van der Waals surface area contributed by atoms with Crippen LogP contribution in [0.1, 0.15) is 28.8 Å². The molecule has 0 saturated carbocycles. The maximum atomic E-state index is 15.6. The van der Waals surface area contributed by atoms with Crippen LogP contribution in [0.4, 0.5) is 15.8 Å². The first kappa shape index (κ1) is 28.3. The monoisotopic (exact) mass is 610 g/mol. The van der Waals surface area contributed by atoms with Crippen molar-refractivity contribution in [1.29, 1.82) is 0 Å². The van der Waals surface area contributed by atoms with Crippen LogP contribution in [0.25, 0.3) is 16.6 Å². The number of hydrogen-bond acceptors (Lipinski definition) is 6. The summed E-state index contributed by atoms with van der Waals surface area (Å²) in [5.74, 6) is -2.64. The number of pyridine rings is 1. The maximum absolute atomic E-state index is 15.6. The lowest BCUT2D eigenvalue weighted by Crippen LogP contribution is -2.46. The average molecular weight is 612 g/mol. The standard InChI is InChI=1S/C31H29Cl2FN4O4/c32-24-8-7-21(15-25(24)33)36-11-13-37(14-12-36)28-26(34)16-22-27(30(28)40)38(18-23(29(22)39)31(41)42)20-5-3-19(4-6-20)17-35-9-1-2-10-35/h3-8,15-16,18,40H,1-2,9-14,17H2,(H,41,42). The van der Waals surface area contributed by atoms with Gasteiger partial charge in [-0.05, 0) is 67.9 Å². The molecule has 8 nitrogen and oxygen atoms in total. The predicted molar refractivity (Wildman–Crippen MR) is 164 cm³/mol. The van der Waals surface area contributed by atoms with Crippen LogP contribution in [-0.4, -0.2) is 64.9 Å². The van der Waals surface area contributed by atoms with Crippen molar-refractivity contribution >= 4 is 51.4 Å². The number of phenols is 1. The van der Waals surface area contributed by atoms with Crippen molar-refractivity contribution in [3.63, 3.8) is 0 Å². The van der Waals surface area contributed by atoms with E-state index in [1.165, 1.54) is 23.6 Å². The summed E-state index contributed by atoms with van der Waals surface area (Å²) in [4.78, 5) is 31.3. The van der Waals surface area contributed by atoms with Crippen LogP contribution < -0.4 is 15.2 Å². The molecule has 11 heteroatoms. The van der Waals surface area contributed by atoms with E-state index in [4.69, 9.17) is 23.2 Å². The van der Waals surface area contributed by atoms with E-state index in [1.54, 1.807) is 17.0 Å². The Balaban J connectivity index is 1.38. The van der Waals surface area contributed by atoms with Gasteiger partial charge in [-0.3, -0.25) is 9.69 Å². The van der Waals surface area contributed by atoms with E-state index in [9.17, 15) is 19.8 Å². The highest BCUT2D eigenvalue weighted by atomic mass is 35.5. The highest BCUT2D eigenvalue weighted by molar-refractivity contribution is 6.42. The zero-order chi connectivity index (χ0) is 29.5. The van der Waals surface area contributed by atoms with E-state index in [1.807, 2.05) is 30.3 Å². The molecule has 2 aliphatic rings. The van der Waals surface area contributed by atoms with Crippen molar-refractivity contribution in [1.82, 2.24) is 9.47 Å². The fraction of sp³-hybridized carbons (Fsp3) is 0.290. The summed E-state index contributed by atoms with van der Waals surface area (Å²) in [7, 11) is 0. The van der Waals surface area contributed by atoms with E-state index >= 15 is 4.39 Å². The molecule has 2 saturated heterocycles. The van der Waals surface area contributed by atoms with Gasteiger partial charge in [0.1, 0.15) is 16.8 Å². The Labute approximate surface area is 251 Å². The quantitative estimate of drug-likeness (QED) is 0.287. The van der Waals surface area contributed by atoms with E-state index in [2.05, 4.69) is 9.80 Å². The van der Waals surface area contributed by atoms with E-state index in [-0.39, 0.29) is 16.6 Å². The summed E-state index contributed by atoms with van der Waals surface area (Å²) in [6.07, 6.45) is 3.57. The number of carbonyl (C=O) groups is 1. The summed E-state index contributed by atoms with van der Waals surface area (Å²) in [5.41, 5.74) is 1.19. The van der Waals surface area contributed by atoms with Crippen molar-refractivity contribution in [3.8, 4) is 11.4 Å². The number of aromatic carboxylic acids is 1. The van der Waals surface area contributed by atoms with Gasteiger partial charge in [0.05, 0.1) is 15.4 Å². The van der Waals surface area contributed by atoms with Crippen molar-refractivity contribution in [2.24, 2.45) is 0 Å². The van der Waals surface area contributed by atoms with Crippen molar-refractivity contribution in [2.45, 2.75) is 19.4 Å². The van der Waals surface area contributed by atoms with Crippen LogP contribution in [0.2, 0.25) is 10.0 Å². The number of halogens is 3. The molecule has 3 aromatic carbocycles. The van der Waals surface area contributed by atoms with Crippen LogP contribution in [-0.2, 0) is 6.54 Å². The average Bonchev–Trinajstić information content (AvgIpc) is 3.49. The molecule has 2 aliphatic heterocycles. The molecular weight excluding hydrogens is 582 g/mol. The Kier molecular flexibility index (Phi) is 7.74. The minimum Gasteiger partial charge on any atom is -0.504 e. The molecule has 2 N–H and O–H groups in total. The number of aromatic hydroxyl groups is 1. The third-order valence-corrected chi connectivity index (χ3v) is 8.84. The number of nitrogens with zero attached hydrogens (tertiary/aromatic N) is 4. The topological polar surface area (TPSA) is 89.2 Å². The lowest BCUT2D eigenvalue weighted by atomic mass is 10.1. The number of piperazine rings is 1. The molecule has 2 fully saturated rings. The molecule has 218 valence electrons. The molecule has 1 aromatic heterocycles. The van der Waals surface area contributed by atoms with Crippen LogP contribution in [0.5, 0.6) is 5.75 Å². The second-order valence-electron chi connectivity index (χ2n) is 10.7. The van der Waals surface area contributed by atoms with Gasteiger partial charge in [-0.25, -0.2) is 9.18 Å². The SMILES string of the molecule is O=C(O)c1cn(-c2ccc(CN3CCCC3)cc2)c2c(O)c(N3CCN(c4ccc(Cl)c(Cl)c4)CC3)c(F)cc2c1=O. The first-order chi connectivity index (χ1) is 20.2. The van der Waals surface area contributed by atoms with Gasteiger partial charge >= 0.3 is 5.97 Å². The van der Waals surface area contributed by atoms with Gasteiger partial charge in [-0.1, -0.05) is 35.3 Å². The summed E-state index contributed by atoms with van der Waals surface area (Å²) in [5, 5.41) is 22.0. The Morgan fingerprint density at radius 1 is 0.857 bits per heavy atom. The molecule has 0 radical (unpaired) electrons. The Morgan fingerprint density at radius 3 is 2.14 bits per heavy atom. The highest BCUT2D eigenvalue weighted by Gasteiger charge is 2.27. The smallest absolute Gasteiger partial charge is 0.341 e. The molecule has 0 unspecified atom stereocenters. The normalized spacial score (nSPS) is 16.0. The van der Waals surface area contributed by atoms with Gasteiger partial charge in [0.25, 0.3) is 0 Å². The number of rotatable bonds is 6.